The number of anilines is 1. The maximum atomic E-state index is 10.7. The number of benzene rings is 2. The van der Waals surface area contributed by atoms with Gasteiger partial charge in [0.25, 0.3) is 0 Å². The fraction of sp³-hybridized carbons (Fsp3) is 0.217. The monoisotopic (exact) mass is 421 g/mol. The van der Waals surface area contributed by atoms with Crippen LogP contribution < -0.4 is 14.4 Å². The Morgan fingerprint density at radius 2 is 1.87 bits per heavy atom. The number of thiazole rings is 1. The fourth-order valence-corrected chi connectivity index (χ4v) is 4.33. The highest BCUT2D eigenvalue weighted by atomic mass is 32.1. The third-order valence-corrected chi connectivity index (χ3v) is 6.16. The summed E-state index contributed by atoms with van der Waals surface area (Å²) in [6.45, 7) is 4.33. The van der Waals surface area contributed by atoms with Crippen LogP contribution in [0, 0.1) is 19.3 Å². The normalized spacial score (nSPS) is 13.9. The maximum Gasteiger partial charge on any atom is 0.142 e. The smallest absolute Gasteiger partial charge is 0.142 e. The molecule has 1 aromatic heterocycles. The fourth-order valence-electron chi connectivity index (χ4n) is 3.44. The van der Waals surface area contributed by atoms with Gasteiger partial charge in [0.1, 0.15) is 28.1 Å². The minimum atomic E-state index is 0.117. The van der Waals surface area contributed by atoms with Gasteiger partial charge in [-0.25, -0.2) is 4.98 Å². The first kappa shape index (κ1) is 20.0. The summed E-state index contributed by atoms with van der Waals surface area (Å²) in [5.74, 6) is 1.55. The number of methoxy groups -OCH3 is 2. The molecule has 1 aliphatic rings. The second-order valence-corrected chi connectivity index (χ2v) is 7.99. The average molecular weight is 422 g/mol. The van der Waals surface area contributed by atoms with E-state index in [9.17, 15) is 5.11 Å². The van der Waals surface area contributed by atoms with Gasteiger partial charge in [-0.2, -0.15) is 0 Å². The van der Waals surface area contributed by atoms with E-state index in [-0.39, 0.29) is 18.1 Å². The molecule has 0 amide bonds. The van der Waals surface area contributed by atoms with Gasteiger partial charge in [-0.3, -0.25) is 5.41 Å². The van der Waals surface area contributed by atoms with Gasteiger partial charge in [0.15, 0.2) is 0 Å². The highest BCUT2D eigenvalue weighted by Crippen LogP contribution is 2.39. The molecule has 0 saturated carbocycles. The van der Waals surface area contributed by atoms with Gasteiger partial charge < -0.3 is 19.5 Å². The molecule has 0 radical (unpaired) electrons. The third kappa shape index (κ3) is 3.41. The molecule has 0 bridgehead atoms. The number of aliphatic hydroxyl groups is 1. The van der Waals surface area contributed by atoms with E-state index in [2.05, 4.69) is 26.0 Å². The number of hydrogen-bond donors (Lipinski definition) is 2. The van der Waals surface area contributed by atoms with Crippen LogP contribution in [0.2, 0.25) is 0 Å². The van der Waals surface area contributed by atoms with E-state index in [1.54, 1.807) is 37.3 Å². The minimum absolute atomic E-state index is 0.117. The van der Waals surface area contributed by atoms with Crippen LogP contribution in [0.4, 0.5) is 5.69 Å². The number of aliphatic hydroxyl groups excluding tert-OH is 1. The van der Waals surface area contributed by atoms with Gasteiger partial charge >= 0.3 is 0 Å². The Morgan fingerprint density at radius 3 is 2.57 bits per heavy atom. The maximum absolute atomic E-state index is 10.7. The summed E-state index contributed by atoms with van der Waals surface area (Å²) in [4.78, 5) is 6.41. The van der Waals surface area contributed by atoms with Gasteiger partial charge in [0.2, 0.25) is 0 Å². The molecule has 2 N–H and O–H groups in total. The molecule has 3 aromatic rings. The molecule has 7 heteroatoms. The Morgan fingerprint density at radius 1 is 1.07 bits per heavy atom. The van der Waals surface area contributed by atoms with Gasteiger partial charge in [-0.1, -0.05) is 12.1 Å². The van der Waals surface area contributed by atoms with E-state index in [0.717, 1.165) is 11.3 Å². The van der Waals surface area contributed by atoms with Crippen molar-refractivity contribution in [2.24, 2.45) is 0 Å². The number of ether oxygens (including phenoxy) is 2. The summed E-state index contributed by atoms with van der Waals surface area (Å²) in [6.07, 6.45) is 0. The van der Waals surface area contributed by atoms with E-state index < -0.39 is 0 Å². The zero-order valence-electron chi connectivity index (χ0n) is 17.3. The van der Waals surface area contributed by atoms with Gasteiger partial charge in [-0.15, -0.1) is 11.3 Å². The standard InChI is InChI=1S/C23H23N3O3S/c1-13-5-6-15(9-14(13)2)17-12-30-23(25-17)21-19(27)11-26(22(21)24)18-10-16(28-3)7-8-20(18)29-4/h5-10,12,24,27H,11H2,1-4H3. The largest absolute Gasteiger partial charge is 0.510 e. The minimum Gasteiger partial charge on any atom is -0.510 e. The van der Waals surface area contributed by atoms with Crippen molar-refractivity contribution in [3.8, 4) is 22.8 Å². The number of rotatable bonds is 5. The molecule has 6 nitrogen and oxygen atoms in total. The van der Waals surface area contributed by atoms with E-state index in [1.165, 1.54) is 22.5 Å². The molecular formula is C23H23N3O3S. The predicted octanol–water partition coefficient (Wildman–Crippen LogP) is 5.21. The van der Waals surface area contributed by atoms with Crippen LogP contribution in [0.25, 0.3) is 16.8 Å². The molecule has 0 spiro atoms. The molecule has 1 aliphatic heterocycles. The van der Waals surface area contributed by atoms with Gasteiger partial charge in [0, 0.05) is 17.0 Å². The topological polar surface area (TPSA) is 78.7 Å². The van der Waals surface area contributed by atoms with Crippen molar-refractivity contribution in [2.45, 2.75) is 13.8 Å². The molecule has 154 valence electrons. The first-order chi connectivity index (χ1) is 14.4. The lowest BCUT2D eigenvalue weighted by atomic mass is 10.1. The third-order valence-electron chi connectivity index (χ3n) is 5.30. The highest BCUT2D eigenvalue weighted by molar-refractivity contribution is 7.11. The zero-order valence-corrected chi connectivity index (χ0v) is 18.1. The number of hydrogen-bond acceptors (Lipinski definition) is 6. The second kappa shape index (κ2) is 7.84. The number of nitrogens with one attached hydrogen (secondary N) is 1. The summed E-state index contributed by atoms with van der Waals surface area (Å²) >= 11 is 1.42. The lowest BCUT2D eigenvalue weighted by molar-refractivity contribution is 0.400. The van der Waals surface area contributed by atoms with Crippen LogP contribution in [0.15, 0.2) is 47.5 Å². The zero-order chi connectivity index (χ0) is 21.4. The first-order valence-electron chi connectivity index (χ1n) is 9.47. The van der Waals surface area contributed by atoms with Gasteiger partial charge in [0.05, 0.1) is 37.7 Å². The molecule has 0 unspecified atom stereocenters. The number of aryl methyl sites for hydroxylation is 2. The van der Waals surface area contributed by atoms with E-state index in [1.807, 2.05) is 11.4 Å². The predicted molar refractivity (Wildman–Crippen MR) is 121 cm³/mol. The Hall–Kier alpha value is -3.32. The van der Waals surface area contributed by atoms with E-state index in [4.69, 9.17) is 19.9 Å². The molecule has 4 rings (SSSR count). The lowest BCUT2D eigenvalue weighted by Crippen LogP contribution is -2.26. The number of nitrogens with zero attached hydrogens (tertiary/aromatic N) is 2. The van der Waals surface area contributed by atoms with Crippen LogP contribution in [0.5, 0.6) is 11.5 Å². The number of amidine groups is 1. The molecule has 0 atom stereocenters. The van der Waals surface area contributed by atoms with Crippen LogP contribution in [-0.2, 0) is 0 Å². The molecule has 2 heterocycles. The highest BCUT2D eigenvalue weighted by Gasteiger charge is 2.33. The van der Waals surface area contributed by atoms with Crippen molar-refractivity contribution in [3.63, 3.8) is 0 Å². The first-order valence-corrected chi connectivity index (χ1v) is 10.3. The molecule has 30 heavy (non-hydrogen) atoms. The molecular weight excluding hydrogens is 398 g/mol. The summed E-state index contributed by atoms with van der Waals surface area (Å²) in [7, 11) is 3.17. The molecule has 0 fully saturated rings. The summed E-state index contributed by atoms with van der Waals surface area (Å²) in [6, 6.07) is 11.6. The molecule has 0 saturated heterocycles. The molecule has 2 aromatic carbocycles. The van der Waals surface area contributed by atoms with Crippen LogP contribution in [0.3, 0.4) is 0 Å². The number of aromatic nitrogens is 1. The lowest BCUT2D eigenvalue weighted by Gasteiger charge is -2.21. The van der Waals surface area contributed by atoms with Crippen molar-refractivity contribution in [2.75, 3.05) is 25.7 Å². The van der Waals surface area contributed by atoms with Crippen molar-refractivity contribution in [1.29, 1.82) is 5.41 Å². The Labute approximate surface area is 179 Å². The Bertz CT molecular complexity index is 1170. The van der Waals surface area contributed by atoms with Gasteiger partial charge in [-0.05, 0) is 43.2 Å². The van der Waals surface area contributed by atoms with Crippen molar-refractivity contribution in [3.05, 3.63) is 63.7 Å². The average Bonchev–Trinajstić information content (AvgIpc) is 3.33. The summed E-state index contributed by atoms with van der Waals surface area (Å²) < 4.78 is 10.8. The SMILES string of the molecule is COc1ccc(OC)c(N2CC(O)=C(c3nc(-c4ccc(C)c(C)c4)cs3)C2=N)c1. The molecule has 0 aliphatic carbocycles. The summed E-state index contributed by atoms with van der Waals surface area (Å²) in [5.41, 5.74) is 5.40. The van der Waals surface area contributed by atoms with Crippen LogP contribution in [-0.4, -0.2) is 36.7 Å². The van der Waals surface area contributed by atoms with Crippen molar-refractivity contribution < 1.29 is 14.6 Å². The second-order valence-electron chi connectivity index (χ2n) is 7.13. The van der Waals surface area contributed by atoms with Crippen LogP contribution >= 0.6 is 11.3 Å². The van der Waals surface area contributed by atoms with Crippen molar-refractivity contribution in [1.82, 2.24) is 4.98 Å². The quantitative estimate of drug-likeness (QED) is 0.591. The Kier molecular flexibility index (Phi) is 5.22. The summed E-state index contributed by atoms with van der Waals surface area (Å²) in [5, 5.41) is 22.0. The van der Waals surface area contributed by atoms with E-state index in [0.29, 0.717) is 27.8 Å². The van der Waals surface area contributed by atoms with Crippen molar-refractivity contribution >= 4 is 28.4 Å². The van der Waals surface area contributed by atoms with E-state index >= 15 is 0 Å². The Balaban J connectivity index is 1.67. The van der Waals surface area contributed by atoms with Crippen LogP contribution in [0.1, 0.15) is 16.1 Å².